The molecule has 1 aromatic heterocycles. The highest BCUT2D eigenvalue weighted by molar-refractivity contribution is 6.06. The number of benzene rings is 2. The molecule has 166 valence electrons. The Labute approximate surface area is 180 Å². The van der Waals surface area contributed by atoms with Gasteiger partial charge in [-0.1, -0.05) is 18.2 Å². The van der Waals surface area contributed by atoms with Gasteiger partial charge in [0.1, 0.15) is 5.82 Å². The Hall–Kier alpha value is -3.95. The van der Waals surface area contributed by atoms with Crippen molar-refractivity contribution in [1.29, 1.82) is 0 Å². The van der Waals surface area contributed by atoms with Gasteiger partial charge in [0.25, 0.3) is 5.91 Å². The number of esters is 1. The normalized spacial score (nSPS) is 11.1. The first kappa shape index (κ1) is 22.7. The fourth-order valence-electron chi connectivity index (χ4n) is 2.81. The molecule has 1 heterocycles. The van der Waals surface area contributed by atoms with Gasteiger partial charge in [-0.05, 0) is 42.8 Å². The van der Waals surface area contributed by atoms with E-state index in [1.165, 1.54) is 12.3 Å². The van der Waals surface area contributed by atoms with Crippen molar-refractivity contribution in [3.63, 3.8) is 0 Å². The molecule has 0 atom stereocenters. The standard InChI is InChI=1S/C22H17F4N3O3/c1-12-5-3-4-6-17(12)28-19-18(9-14(11-27-19)21(31)32-2)29-20(30)13-7-15(22(24,25)26)10-16(23)8-13/h3-11H,1-2H3,(H,27,28)(H,29,30). The van der Waals surface area contributed by atoms with Crippen LogP contribution < -0.4 is 10.6 Å². The summed E-state index contributed by atoms with van der Waals surface area (Å²) in [6.07, 6.45) is -3.62. The molecule has 32 heavy (non-hydrogen) atoms. The zero-order valence-electron chi connectivity index (χ0n) is 16.9. The zero-order valence-corrected chi connectivity index (χ0v) is 16.9. The Morgan fingerprint density at radius 3 is 2.38 bits per heavy atom. The molecule has 0 aliphatic carbocycles. The third-order valence-corrected chi connectivity index (χ3v) is 4.44. The van der Waals surface area contributed by atoms with Gasteiger partial charge in [-0.3, -0.25) is 4.79 Å². The highest BCUT2D eigenvalue weighted by atomic mass is 19.4. The first-order valence-corrected chi connectivity index (χ1v) is 9.18. The molecule has 0 aliphatic heterocycles. The largest absolute Gasteiger partial charge is 0.465 e. The second-order valence-electron chi connectivity index (χ2n) is 6.73. The predicted octanol–water partition coefficient (Wildman–Crippen LogP) is 5.33. The van der Waals surface area contributed by atoms with Crippen LogP contribution in [-0.4, -0.2) is 24.0 Å². The van der Waals surface area contributed by atoms with Gasteiger partial charge >= 0.3 is 12.1 Å². The van der Waals surface area contributed by atoms with Crippen molar-refractivity contribution >= 4 is 29.1 Å². The Bertz CT molecular complexity index is 1180. The van der Waals surface area contributed by atoms with Crippen LogP contribution >= 0.6 is 0 Å². The number of carbonyl (C=O) groups excluding carboxylic acids is 2. The van der Waals surface area contributed by atoms with E-state index in [0.29, 0.717) is 23.9 Å². The van der Waals surface area contributed by atoms with Gasteiger partial charge in [-0.2, -0.15) is 13.2 Å². The minimum atomic E-state index is -4.83. The Kier molecular flexibility index (Phi) is 6.42. The van der Waals surface area contributed by atoms with Gasteiger partial charge in [0.05, 0.1) is 23.9 Å². The summed E-state index contributed by atoms with van der Waals surface area (Å²) >= 11 is 0. The van der Waals surface area contributed by atoms with E-state index in [2.05, 4.69) is 20.4 Å². The number of pyridine rings is 1. The number of anilines is 3. The Morgan fingerprint density at radius 2 is 1.72 bits per heavy atom. The Balaban J connectivity index is 2.00. The number of rotatable bonds is 5. The first-order chi connectivity index (χ1) is 15.1. The van der Waals surface area contributed by atoms with E-state index >= 15 is 0 Å². The quantitative estimate of drug-likeness (QED) is 0.408. The second kappa shape index (κ2) is 9.04. The maximum absolute atomic E-state index is 13.7. The van der Waals surface area contributed by atoms with Gasteiger partial charge in [0.15, 0.2) is 5.82 Å². The molecule has 0 saturated carbocycles. The molecule has 0 spiro atoms. The number of hydrogen-bond donors (Lipinski definition) is 2. The van der Waals surface area contributed by atoms with E-state index in [9.17, 15) is 27.2 Å². The first-order valence-electron chi connectivity index (χ1n) is 9.18. The number of hydrogen-bond acceptors (Lipinski definition) is 5. The van der Waals surface area contributed by atoms with E-state index in [1.54, 1.807) is 12.1 Å². The molecule has 6 nitrogen and oxygen atoms in total. The highest BCUT2D eigenvalue weighted by Gasteiger charge is 2.32. The molecule has 0 radical (unpaired) electrons. The number of nitrogens with zero attached hydrogens (tertiary/aromatic N) is 1. The van der Waals surface area contributed by atoms with Crippen LogP contribution in [-0.2, 0) is 10.9 Å². The van der Waals surface area contributed by atoms with E-state index in [1.807, 2.05) is 19.1 Å². The molecule has 3 rings (SSSR count). The lowest BCUT2D eigenvalue weighted by Gasteiger charge is -2.15. The molecule has 0 aliphatic rings. The molecule has 10 heteroatoms. The van der Waals surface area contributed by atoms with Gasteiger partial charge in [-0.15, -0.1) is 0 Å². The molecular weight excluding hydrogens is 430 g/mol. The van der Waals surface area contributed by atoms with E-state index in [0.717, 1.165) is 12.7 Å². The van der Waals surface area contributed by atoms with Crippen LogP contribution in [0.15, 0.2) is 54.7 Å². The number of para-hydroxylation sites is 1. The molecule has 0 unspecified atom stereocenters. The van der Waals surface area contributed by atoms with Gasteiger partial charge in [0.2, 0.25) is 0 Å². The molecule has 2 N–H and O–H groups in total. The van der Waals surface area contributed by atoms with Crippen LogP contribution in [0.4, 0.5) is 34.8 Å². The van der Waals surface area contributed by atoms with Crippen LogP contribution in [0.2, 0.25) is 0 Å². The van der Waals surface area contributed by atoms with E-state index in [-0.39, 0.29) is 17.1 Å². The summed E-state index contributed by atoms with van der Waals surface area (Å²) in [6, 6.07) is 9.92. The molecule has 2 aromatic carbocycles. The van der Waals surface area contributed by atoms with Crippen molar-refractivity contribution in [1.82, 2.24) is 4.98 Å². The van der Waals surface area contributed by atoms with Crippen LogP contribution in [0.25, 0.3) is 0 Å². The summed E-state index contributed by atoms with van der Waals surface area (Å²) in [7, 11) is 1.16. The summed E-state index contributed by atoms with van der Waals surface area (Å²) < 4.78 is 57.3. The molecule has 1 amide bonds. The summed E-state index contributed by atoms with van der Waals surface area (Å²) in [5, 5.41) is 5.38. The highest BCUT2D eigenvalue weighted by Crippen LogP contribution is 2.31. The third kappa shape index (κ3) is 5.20. The molecule has 0 saturated heterocycles. The number of nitrogens with one attached hydrogen (secondary N) is 2. The molecular formula is C22H17F4N3O3. The summed E-state index contributed by atoms with van der Waals surface area (Å²) in [5.74, 6) is -2.86. The van der Waals surface area contributed by atoms with Crippen molar-refractivity contribution in [2.75, 3.05) is 17.7 Å². The number of methoxy groups -OCH3 is 1. The van der Waals surface area contributed by atoms with Gasteiger partial charge < -0.3 is 15.4 Å². The molecule has 0 bridgehead atoms. The maximum atomic E-state index is 13.7. The smallest absolute Gasteiger partial charge is 0.416 e. The van der Waals surface area contributed by atoms with Crippen LogP contribution in [0.1, 0.15) is 31.8 Å². The Morgan fingerprint density at radius 1 is 1.00 bits per heavy atom. The van der Waals surface area contributed by atoms with Crippen LogP contribution in [0.5, 0.6) is 0 Å². The van der Waals surface area contributed by atoms with Crippen molar-refractivity contribution in [3.05, 3.63) is 82.8 Å². The summed E-state index contributed by atoms with van der Waals surface area (Å²) in [4.78, 5) is 28.7. The number of aromatic nitrogens is 1. The van der Waals surface area contributed by atoms with Crippen LogP contribution in [0, 0.1) is 12.7 Å². The van der Waals surface area contributed by atoms with Crippen molar-refractivity contribution in [2.45, 2.75) is 13.1 Å². The number of ether oxygens (including phenoxy) is 1. The van der Waals surface area contributed by atoms with Crippen molar-refractivity contribution < 1.29 is 31.9 Å². The minimum Gasteiger partial charge on any atom is -0.465 e. The second-order valence-corrected chi connectivity index (χ2v) is 6.73. The van der Waals surface area contributed by atoms with Crippen molar-refractivity contribution in [3.8, 4) is 0 Å². The number of alkyl halides is 3. The third-order valence-electron chi connectivity index (χ3n) is 4.44. The van der Waals surface area contributed by atoms with Gasteiger partial charge in [-0.25, -0.2) is 14.2 Å². The van der Waals surface area contributed by atoms with E-state index in [4.69, 9.17) is 0 Å². The van der Waals surface area contributed by atoms with Gasteiger partial charge in [0, 0.05) is 17.4 Å². The minimum absolute atomic E-state index is 0.00615. The monoisotopic (exact) mass is 447 g/mol. The molecule has 3 aromatic rings. The number of carbonyl (C=O) groups is 2. The fourth-order valence-corrected chi connectivity index (χ4v) is 2.81. The molecule has 0 fully saturated rings. The average Bonchev–Trinajstić information content (AvgIpc) is 2.74. The maximum Gasteiger partial charge on any atom is 0.416 e. The summed E-state index contributed by atoms with van der Waals surface area (Å²) in [5.41, 5.74) is -0.382. The van der Waals surface area contributed by atoms with Crippen molar-refractivity contribution in [2.24, 2.45) is 0 Å². The number of aryl methyl sites for hydroxylation is 1. The lowest BCUT2D eigenvalue weighted by atomic mass is 10.1. The fraction of sp³-hybridized carbons (Fsp3) is 0.136. The SMILES string of the molecule is COC(=O)c1cnc(Nc2ccccc2C)c(NC(=O)c2cc(F)cc(C(F)(F)F)c2)c1. The number of halogens is 4. The number of amides is 1. The lowest BCUT2D eigenvalue weighted by Crippen LogP contribution is -2.17. The average molecular weight is 447 g/mol. The van der Waals surface area contributed by atoms with E-state index < -0.39 is 35.0 Å². The summed E-state index contributed by atoms with van der Waals surface area (Å²) in [6.45, 7) is 1.83. The van der Waals surface area contributed by atoms with Crippen LogP contribution in [0.3, 0.4) is 0 Å². The zero-order chi connectivity index (χ0) is 23.5. The topological polar surface area (TPSA) is 80.3 Å². The predicted molar refractivity (Wildman–Crippen MR) is 109 cm³/mol. The lowest BCUT2D eigenvalue weighted by molar-refractivity contribution is -0.137.